The molecule has 0 aliphatic carbocycles. The Bertz CT molecular complexity index is 1070. The quantitative estimate of drug-likeness (QED) is 0.513. The van der Waals surface area contributed by atoms with Gasteiger partial charge in [-0.3, -0.25) is 8.99 Å². The van der Waals surface area contributed by atoms with Crippen LogP contribution < -0.4 is 4.31 Å². The Hall–Kier alpha value is -2.22. The number of hydrogen-bond donors (Lipinski definition) is 0. The Labute approximate surface area is 192 Å². The minimum Gasteiger partial charge on any atom is -0.381 e. The van der Waals surface area contributed by atoms with Gasteiger partial charge >= 0.3 is 0 Å². The van der Waals surface area contributed by atoms with E-state index in [1.807, 2.05) is 27.2 Å². The standard InChI is InChI=1S/C25H31N3O3S/c1-2-19-3-5-23(6-4-19)28(15-21-17-31-18-21)32(29)24-7-8-25-22(13-24)16-27(26-25)14-20-9-11-30-12-10-20/h3-8,13,16,20-21H,2,9-12,14-15,17-18H2,1H3. The average molecular weight is 454 g/mol. The third-order valence-corrected chi connectivity index (χ3v) is 7.89. The lowest BCUT2D eigenvalue weighted by Crippen LogP contribution is -2.40. The topological polar surface area (TPSA) is 56.6 Å². The largest absolute Gasteiger partial charge is 0.381 e. The van der Waals surface area contributed by atoms with Crippen LogP contribution in [0.15, 0.2) is 53.6 Å². The second-order valence-electron chi connectivity index (χ2n) is 8.86. The number of benzene rings is 2. The third-order valence-electron chi connectivity index (χ3n) is 6.47. The molecule has 0 amide bonds. The van der Waals surface area contributed by atoms with Crippen molar-refractivity contribution in [3.05, 3.63) is 54.2 Å². The van der Waals surface area contributed by atoms with Crippen LogP contribution in [0.4, 0.5) is 5.69 Å². The number of ether oxygens (including phenoxy) is 2. The molecule has 0 N–H and O–H groups in total. The van der Waals surface area contributed by atoms with Gasteiger partial charge in [-0.15, -0.1) is 0 Å². The van der Waals surface area contributed by atoms with Crippen LogP contribution in [0.3, 0.4) is 0 Å². The normalized spacial score (nSPS) is 18.5. The van der Waals surface area contributed by atoms with E-state index in [9.17, 15) is 4.21 Å². The summed E-state index contributed by atoms with van der Waals surface area (Å²) in [5.74, 6) is 1.02. The monoisotopic (exact) mass is 453 g/mol. The number of nitrogens with zero attached hydrogens (tertiary/aromatic N) is 3. The summed E-state index contributed by atoms with van der Waals surface area (Å²) in [6.07, 6.45) is 5.25. The molecule has 5 rings (SSSR count). The first kappa shape index (κ1) is 21.6. The van der Waals surface area contributed by atoms with Gasteiger partial charge in [-0.25, -0.2) is 4.21 Å². The molecule has 2 aliphatic heterocycles. The number of fused-ring (bicyclic) bond motifs is 1. The van der Waals surface area contributed by atoms with Crippen LogP contribution in [-0.2, 0) is 33.4 Å². The molecule has 32 heavy (non-hydrogen) atoms. The molecule has 0 saturated carbocycles. The fourth-order valence-electron chi connectivity index (χ4n) is 4.37. The summed E-state index contributed by atoms with van der Waals surface area (Å²) in [5, 5.41) is 5.79. The maximum atomic E-state index is 13.7. The minimum absolute atomic E-state index is 0.413. The molecule has 1 aromatic heterocycles. The molecule has 2 aliphatic rings. The molecule has 3 aromatic rings. The fraction of sp³-hybridized carbons (Fsp3) is 0.480. The van der Waals surface area contributed by atoms with Gasteiger partial charge < -0.3 is 9.47 Å². The Morgan fingerprint density at radius 1 is 1.06 bits per heavy atom. The highest BCUT2D eigenvalue weighted by Crippen LogP contribution is 2.27. The number of aryl methyl sites for hydroxylation is 1. The number of aromatic nitrogens is 2. The molecule has 0 radical (unpaired) electrons. The van der Waals surface area contributed by atoms with Crippen molar-refractivity contribution in [2.75, 3.05) is 37.3 Å². The van der Waals surface area contributed by atoms with Gasteiger partial charge in [-0.05, 0) is 61.1 Å². The van der Waals surface area contributed by atoms with Crippen molar-refractivity contribution in [2.24, 2.45) is 11.8 Å². The van der Waals surface area contributed by atoms with E-state index in [1.165, 1.54) is 5.56 Å². The molecular formula is C25H31N3O3S. The second-order valence-corrected chi connectivity index (χ2v) is 10.3. The molecule has 3 heterocycles. The number of anilines is 1. The lowest BCUT2D eigenvalue weighted by atomic mass is 10.0. The van der Waals surface area contributed by atoms with Crippen molar-refractivity contribution < 1.29 is 13.7 Å². The molecule has 0 spiro atoms. The maximum absolute atomic E-state index is 13.7. The fourth-order valence-corrected chi connectivity index (χ4v) is 5.70. The summed E-state index contributed by atoms with van der Waals surface area (Å²) in [7, 11) is -1.30. The highest BCUT2D eigenvalue weighted by atomic mass is 32.2. The first-order valence-electron chi connectivity index (χ1n) is 11.6. The number of rotatable bonds is 8. The van der Waals surface area contributed by atoms with Gasteiger partial charge in [0, 0.05) is 49.5 Å². The average Bonchev–Trinajstić information content (AvgIpc) is 3.20. The summed E-state index contributed by atoms with van der Waals surface area (Å²) in [4.78, 5) is 0.808. The Kier molecular flexibility index (Phi) is 6.57. The van der Waals surface area contributed by atoms with Crippen LogP contribution >= 0.6 is 0 Å². The molecule has 170 valence electrons. The van der Waals surface area contributed by atoms with Crippen molar-refractivity contribution >= 4 is 27.6 Å². The summed E-state index contributed by atoms with van der Waals surface area (Å²) < 4.78 is 28.6. The van der Waals surface area contributed by atoms with Crippen LogP contribution in [0.5, 0.6) is 0 Å². The molecule has 6 nitrogen and oxygen atoms in total. The van der Waals surface area contributed by atoms with E-state index in [0.29, 0.717) is 11.8 Å². The zero-order chi connectivity index (χ0) is 21.9. The molecule has 0 bridgehead atoms. The summed E-state index contributed by atoms with van der Waals surface area (Å²) in [5.41, 5.74) is 3.22. The Morgan fingerprint density at radius 2 is 1.84 bits per heavy atom. The van der Waals surface area contributed by atoms with Crippen LogP contribution in [-0.4, -0.2) is 47.0 Å². The van der Waals surface area contributed by atoms with Crippen LogP contribution in [0.2, 0.25) is 0 Å². The van der Waals surface area contributed by atoms with Crippen molar-refractivity contribution in [1.82, 2.24) is 9.78 Å². The summed E-state index contributed by atoms with van der Waals surface area (Å²) >= 11 is 0. The first-order valence-corrected chi connectivity index (χ1v) is 12.7. The van der Waals surface area contributed by atoms with Gasteiger partial charge in [0.25, 0.3) is 0 Å². The van der Waals surface area contributed by atoms with E-state index in [1.54, 1.807) is 0 Å². The lowest BCUT2D eigenvalue weighted by molar-refractivity contribution is -0.0261. The smallest absolute Gasteiger partial charge is 0.152 e. The van der Waals surface area contributed by atoms with Crippen LogP contribution in [0.25, 0.3) is 10.9 Å². The molecule has 2 aromatic carbocycles. The van der Waals surface area contributed by atoms with Crippen LogP contribution in [0.1, 0.15) is 25.3 Å². The summed E-state index contributed by atoms with van der Waals surface area (Å²) in [6.45, 7) is 6.93. The van der Waals surface area contributed by atoms with E-state index >= 15 is 0 Å². The molecule has 1 atom stereocenters. The highest BCUT2D eigenvalue weighted by Gasteiger charge is 2.26. The van der Waals surface area contributed by atoms with Gasteiger partial charge in [0.2, 0.25) is 0 Å². The van der Waals surface area contributed by atoms with Crippen molar-refractivity contribution in [2.45, 2.75) is 37.6 Å². The van der Waals surface area contributed by atoms with E-state index in [2.05, 4.69) is 37.4 Å². The van der Waals surface area contributed by atoms with Gasteiger partial charge in [0.1, 0.15) is 0 Å². The molecular weight excluding hydrogens is 422 g/mol. The Morgan fingerprint density at radius 3 is 2.53 bits per heavy atom. The van der Waals surface area contributed by atoms with Crippen molar-refractivity contribution in [3.63, 3.8) is 0 Å². The predicted molar refractivity (Wildman–Crippen MR) is 127 cm³/mol. The van der Waals surface area contributed by atoms with E-state index in [-0.39, 0.29) is 0 Å². The molecule has 2 saturated heterocycles. The van der Waals surface area contributed by atoms with Crippen molar-refractivity contribution in [1.29, 1.82) is 0 Å². The van der Waals surface area contributed by atoms with Gasteiger partial charge in [-0.1, -0.05) is 19.1 Å². The minimum atomic E-state index is -1.30. The second kappa shape index (κ2) is 9.73. The third kappa shape index (κ3) is 4.75. The first-order chi connectivity index (χ1) is 15.7. The lowest BCUT2D eigenvalue weighted by Gasteiger charge is -2.32. The zero-order valence-electron chi connectivity index (χ0n) is 18.6. The zero-order valence-corrected chi connectivity index (χ0v) is 19.4. The highest BCUT2D eigenvalue weighted by molar-refractivity contribution is 7.86. The van der Waals surface area contributed by atoms with E-state index in [0.717, 1.165) is 80.3 Å². The summed E-state index contributed by atoms with van der Waals surface area (Å²) in [6, 6.07) is 14.4. The molecule has 1 unspecified atom stereocenters. The SMILES string of the molecule is CCc1ccc(N(CC2COC2)S(=O)c2ccc3nn(CC4CCOCC4)cc3c2)cc1. The van der Waals surface area contributed by atoms with Gasteiger partial charge in [-0.2, -0.15) is 5.10 Å². The van der Waals surface area contributed by atoms with E-state index in [4.69, 9.17) is 14.6 Å². The Balaban J connectivity index is 1.38. The molecule has 7 heteroatoms. The van der Waals surface area contributed by atoms with Crippen molar-refractivity contribution in [3.8, 4) is 0 Å². The molecule has 2 fully saturated rings. The van der Waals surface area contributed by atoms with Crippen LogP contribution in [0, 0.1) is 11.8 Å². The number of hydrogen-bond acceptors (Lipinski definition) is 4. The van der Waals surface area contributed by atoms with Gasteiger partial charge in [0.15, 0.2) is 11.0 Å². The maximum Gasteiger partial charge on any atom is 0.152 e. The van der Waals surface area contributed by atoms with E-state index < -0.39 is 11.0 Å². The van der Waals surface area contributed by atoms with Gasteiger partial charge in [0.05, 0.1) is 23.6 Å². The predicted octanol–water partition coefficient (Wildman–Crippen LogP) is 4.20.